The smallest absolute Gasteiger partial charge is 0.383 e. The third-order valence-electron chi connectivity index (χ3n) is 6.24. The summed E-state index contributed by atoms with van der Waals surface area (Å²) in [6.07, 6.45) is -7.01. The van der Waals surface area contributed by atoms with Crippen molar-refractivity contribution < 1.29 is 61.9 Å². The molecule has 1 aliphatic heterocycles. The van der Waals surface area contributed by atoms with E-state index < -0.39 is 72.6 Å². The summed E-state index contributed by atoms with van der Waals surface area (Å²) in [4.78, 5) is 60.2. The number of fused-ring (bicyclic) bond motifs is 1. The first-order valence-corrected chi connectivity index (χ1v) is 13.4. The molecule has 4 rings (SSSR count). The van der Waals surface area contributed by atoms with Gasteiger partial charge >= 0.3 is 29.5 Å². The molecule has 1 N–H and O–H groups in total. The number of hydrogen-bond acceptors (Lipinski definition) is 14. The molecule has 1 fully saturated rings. The maximum absolute atomic E-state index is 12.7. The summed E-state index contributed by atoms with van der Waals surface area (Å²) in [6.45, 7) is 4.02. The zero-order valence-corrected chi connectivity index (χ0v) is 24.2. The number of aromatic hydroxyl groups is 1. The van der Waals surface area contributed by atoms with Crippen LogP contribution in [0.4, 0.5) is 0 Å². The molecule has 2 aromatic carbocycles. The Morgan fingerprint density at radius 1 is 0.818 bits per heavy atom. The first-order chi connectivity index (χ1) is 20.9. The van der Waals surface area contributed by atoms with Gasteiger partial charge in [-0.2, -0.15) is 0 Å². The summed E-state index contributed by atoms with van der Waals surface area (Å²) in [5.74, 6) is -3.87. The van der Waals surface area contributed by atoms with Crippen molar-refractivity contribution in [2.45, 2.75) is 65.0 Å². The molecule has 0 aliphatic carbocycles. The fraction of sp³-hybridized carbons (Fsp3) is 0.367. The molecule has 3 aromatic rings. The molecule has 0 unspecified atom stereocenters. The van der Waals surface area contributed by atoms with E-state index in [1.807, 2.05) is 6.07 Å². The minimum Gasteiger partial charge on any atom is -0.504 e. The minimum absolute atomic E-state index is 0.00869. The quantitative estimate of drug-likeness (QED) is 0.200. The van der Waals surface area contributed by atoms with Crippen molar-refractivity contribution in [2.24, 2.45) is 0 Å². The third kappa shape index (κ3) is 7.83. The molecule has 0 radical (unpaired) electrons. The van der Waals surface area contributed by atoms with E-state index >= 15 is 0 Å². The van der Waals surface area contributed by atoms with Crippen LogP contribution in [0.3, 0.4) is 0 Å². The minimum atomic E-state index is -1.51. The molecule has 0 bridgehead atoms. The third-order valence-corrected chi connectivity index (χ3v) is 6.24. The molecule has 14 heteroatoms. The molecule has 1 aromatic heterocycles. The summed E-state index contributed by atoms with van der Waals surface area (Å²) in [5.41, 5.74) is -0.266. The molecule has 234 valence electrons. The van der Waals surface area contributed by atoms with Crippen LogP contribution in [0, 0.1) is 0 Å². The SMILES string of the molecule is CC(=O)OC[C@H]1O[C@H](Oc2ccc3c(O)c(OCc4ccccc4)c(=O)oc3c2)[C@@H](OC(C)=O)[C@@H](OC(C)=O)[C@@H]1OC(C)=O. The summed E-state index contributed by atoms with van der Waals surface area (Å²) in [6, 6.07) is 13.1. The predicted molar refractivity (Wildman–Crippen MR) is 148 cm³/mol. The summed E-state index contributed by atoms with van der Waals surface area (Å²) in [7, 11) is 0. The van der Waals surface area contributed by atoms with Crippen LogP contribution < -0.4 is 15.1 Å². The van der Waals surface area contributed by atoms with E-state index in [4.69, 9.17) is 37.6 Å². The Bertz CT molecular complexity index is 1580. The fourth-order valence-electron chi connectivity index (χ4n) is 4.50. The Labute approximate surface area is 250 Å². The highest BCUT2D eigenvalue weighted by Gasteiger charge is 2.53. The molecule has 1 saturated heterocycles. The molecule has 2 heterocycles. The van der Waals surface area contributed by atoms with E-state index in [1.54, 1.807) is 24.3 Å². The number of rotatable bonds is 10. The molecule has 1 aliphatic rings. The van der Waals surface area contributed by atoms with Gasteiger partial charge in [-0.25, -0.2) is 4.79 Å². The first kappa shape index (κ1) is 31.8. The van der Waals surface area contributed by atoms with Crippen LogP contribution in [0.5, 0.6) is 17.2 Å². The van der Waals surface area contributed by atoms with Gasteiger partial charge in [-0.15, -0.1) is 0 Å². The lowest BCUT2D eigenvalue weighted by atomic mass is 9.98. The van der Waals surface area contributed by atoms with Gasteiger partial charge in [-0.1, -0.05) is 30.3 Å². The predicted octanol–water partition coefficient (Wildman–Crippen LogP) is 2.54. The second-order valence-corrected chi connectivity index (χ2v) is 9.68. The Morgan fingerprint density at radius 3 is 2.09 bits per heavy atom. The number of carbonyl (C=O) groups excluding carboxylic acids is 4. The standard InChI is InChI=1S/C30H30O14/c1-15(31)37-14-23-25(39-16(2)32)27(40-17(3)33)28(41-18(4)34)30(44-23)42-20-10-11-21-22(12-20)43-29(36)26(24(21)35)38-13-19-8-6-5-7-9-19/h5-12,23,25,27-28,30,35H,13-14H2,1-4H3/t23-,25-,27+,28+,30+/m1/s1. The van der Waals surface area contributed by atoms with Gasteiger partial charge in [-0.05, 0) is 17.7 Å². The van der Waals surface area contributed by atoms with Gasteiger partial charge in [-0.3, -0.25) is 19.2 Å². The second-order valence-electron chi connectivity index (χ2n) is 9.68. The van der Waals surface area contributed by atoms with Gasteiger partial charge in [0.2, 0.25) is 18.1 Å². The second kappa shape index (κ2) is 13.9. The highest BCUT2D eigenvalue weighted by Crippen LogP contribution is 2.35. The molecule has 0 amide bonds. The summed E-state index contributed by atoms with van der Waals surface area (Å²) < 4.78 is 43.9. The normalized spacial score (nSPS) is 21.1. The van der Waals surface area contributed by atoms with E-state index in [-0.39, 0.29) is 29.1 Å². The van der Waals surface area contributed by atoms with Crippen molar-refractivity contribution in [2.75, 3.05) is 6.61 Å². The Morgan fingerprint density at radius 2 is 1.45 bits per heavy atom. The van der Waals surface area contributed by atoms with Crippen molar-refractivity contribution >= 4 is 34.8 Å². The molecule has 0 saturated carbocycles. The van der Waals surface area contributed by atoms with Crippen LogP contribution in [0.25, 0.3) is 11.0 Å². The van der Waals surface area contributed by atoms with Crippen LogP contribution in [-0.2, 0) is 49.5 Å². The Hall–Kier alpha value is -5.11. The van der Waals surface area contributed by atoms with Gasteiger partial charge < -0.3 is 42.7 Å². The number of ether oxygens (including phenoxy) is 7. The summed E-state index contributed by atoms with van der Waals surface area (Å²) in [5, 5.41) is 10.9. The van der Waals surface area contributed by atoms with Crippen molar-refractivity contribution in [3.05, 3.63) is 64.5 Å². The lowest BCUT2D eigenvalue weighted by Gasteiger charge is -2.43. The zero-order chi connectivity index (χ0) is 32.0. The van der Waals surface area contributed by atoms with E-state index in [0.29, 0.717) is 0 Å². The van der Waals surface area contributed by atoms with Crippen molar-refractivity contribution in [1.29, 1.82) is 0 Å². The molecule has 44 heavy (non-hydrogen) atoms. The Kier molecular flexibility index (Phi) is 10.1. The van der Waals surface area contributed by atoms with Crippen molar-refractivity contribution in [3.8, 4) is 17.2 Å². The average molecular weight is 615 g/mol. The first-order valence-electron chi connectivity index (χ1n) is 13.4. The molecule has 5 atom stereocenters. The molecule has 0 spiro atoms. The topological polar surface area (TPSA) is 183 Å². The van der Waals surface area contributed by atoms with Gasteiger partial charge in [0.1, 0.15) is 30.7 Å². The highest BCUT2D eigenvalue weighted by atomic mass is 16.7. The van der Waals surface area contributed by atoms with Crippen LogP contribution in [-0.4, -0.2) is 66.3 Å². The van der Waals surface area contributed by atoms with E-state index in [1.165, 1.54) is 18.2 Å². The Balaban J connectivity index is 1.66. The van der Waals surface area contributed by atoms with Crippen molar-refractivity contribution in [3.63, 3.8) is 0 Å². The number of esters is 4. The van der Waals surface area contributed by atoms with Gasteiger partial charge in [0.15, 0.2) is 18.0 Å². The monoisotopic (exact) mass is 614 g/mol. The number of carbonyl (C=O) groups is 4. The highest BCUT2D eigenvalue weighted by molar-refractivity contribution is 5.86. The molecular formula is C30H30O14. The largest absolute Gasteiger partial charge is 0.504 e. The number of benzene rings is 2. The summed E-state index contributed by atoms with van der Waals surface area (Å²) >= 11 is 0. The van der Waals surface area contributed by atoms with Crippen molar-refractivity contribution in [1.82, 2.24) is 0 Å². The fourth-order valence-corrected chi connectivity index (χ4v) is 4.50. The van der Waals surface area contributed by atoms with E-state index in [9.17, 15) is 29.1 Å². The molecule has 14 nitrogen and oxygen atoms in total. The van der Waals surface area contributed by atoms with Gasteiger partial charge in [0.25, 0.3) is 0 Å². The maximum Gasteiger partial charge on any atom is 0.383 e. The molecular weight excluding hydrogens is 584 g/mol. The maximum atomic E-state index is 12.7. The lowest BCUT2D eigenvalue weighted by molar-refractivity contribution is -0.288. The average Bonchev–Trinajstić information content (AvgIpc) is 2.94. The van der Waals surface area contributed by atoms with Crippen LogP contribution >= 0.6 is 0 Å². The lowest BCUT2D eigenvalue weighted by Crippen LogP contribution is -2.63. The zero-order valence-electron chi connectivity index (χ0n) is 24.2. The van der Waals surface area contributed by atoms with E-state index in [0.717, 1.165) is 33.3 Å². The van der Waals surface area contributed by atoms with Gasteiger partial charge in [0.05, 0.1) is 5.39 Å². The van der Waals surface area contributed by atoms with Crippen LogP contribution in [0.1, 0.15) is 33.3 Å². The number of hydrogen-bond donors (Lipinski definition) is 1. The van der Waals surface area contributed by atoms with Gasteiger partial charge in [0, 0.05) is 33.8 Å². The van der Waals surface area contributed by atoms with Crippen LogP contribution in [0.2, 0.25) is 0 Å². The van der Waals surface area contributed by atoms with Crippen LogP contribution in [0.15, 0.2) is 57.7 Å². The van der Waals surface area contributed by atoms with E-state index in [2.05, 4.69) is 0 Å².